The molecule has 1 aliphatic rings. The van der Waals surface area contributed by atoms with Crippen LogP contribution in [-0.4, -0.2) is 33.4 Å². The second-order valence-corrected chi connectivity index (χ2v) is 4.98. The topological polar surface area (TPSA) is 78.9 Å². The summed E-state index contributed by atoms with van der Waals surface area (Å²) in [5, 5.41) is 11.5. The van der Waals surface area contributed by atoms with Crippen LogP contribution in [0.1, 0.15) is 12.8 Å². The Kier molecular flexibility index (Phi) is 3.60. The Hall–Kier alpha value is -2.02. The summed E-state index contributed by atoms with van der Waals surface area (Å²) in [7, 11) is 0. The summed E-state index contributed by atoms with van der Waals surface area (Å²) in [4.78, 5) is 0. The predicted octanol–water partition coefficient (Wildman–Crippen LogP) is 1.49. The van der Waals surface area contributed by atoms with Crippen LogP contribution in [0.4, 0.5) is 10.1 Å². The van der Waals surface area contributed by atoms with Crippen LogP contribution in [0.3, 0.4) is 0 Å². The van der Waals surface area contributed by atoms with Crippen LogP contribution in [0.2, 0.25) is 0 Å². The fourth-order valence-electron chi connectivity index (χ4n) is 1.91. The van der Waals surface area contributed by atoms with E-state index in [9.17, 15) is 4.39 Å². The molecule has 1 fully saturated rings. The Morgan fingerprint density at radius 3 is 3.00 bits per heavy atom. The molecule has 1 aliphatic carbocycles. The number of halogens is 1. The van der Waals surface area contributed by atoms with Gasteiger partial charge in [0.15, 0.2) is 5.82 Å². The fourth-order valence-corrected chi connectivity index (χ4v) is 1.91. The highest BCUT2D eigenvalue weighted by Crippen LogP contribution is 2.28. The summed E-state index contributed by atoms with van der Waals surface area (Å²) >= 11 is 0. The standard InChI is InChI=1S/C13H16FN5O/c14-11-7-10(3-4-12(11)15)13-16-17-18-19(13)5-6-20-8-9-1-2-9/h3-4,7,9H,1-2,5-6,8,15H2. The lowest BCUT2D eigenvalue weighted by Gasteiger charge is -2.06. The van der Waals surface area contributed by atoms with Crippen molar-refractivity contribution in [3.8, 4) is 11.4 Å². The van der Waals surface area contributed by atoms with E-state index in [4.69, 9.17) is 10.5 Å². The molecule has 106 valence electrons. The van der Waals surface area contributed by atoms with Crippen molar-refractivity contribution in [2.75, 3.05) is 18.9 Å². The number of anilines is 1. The van der Waals surface area contributed by atoms with Crippen LogP contribution < -0.4 is 5.73 Å². The zero-order valence-electron chi connectivity index (χ0n) is 11.0. The van der Waals surface area contributed by atoms with Crippen molar-refractivity contribution in [1.29, 1.82) is 0 Å². The molecule has 0 unspecified atom stereocenters. The highest BCUT2D eigenvalue weighted by atomic mass is 19.1. The minimum atomic E-state index is -0.470. The monoisotopic (exact) mass is 277 g/mol. The van der Waals surface area contributed by atoms with E-state index in [1.54, 1.807) is 10.7 Å². The number of nitrogen functional groups attached to an aromatic ring is 1. The molecule has 0 aliphatic heterocycles. The maximum atomic E-state index is 13.5. The molecule has 20 heavy (non-hydrogen) atoms. The van der Waals surface area contributed by atoms with Crippen LogP contribution in [0.5, 0.6) is 0 Å². The molecule has 0 bridgehead atoms. The molecule has 0 spiro atoms. The van der Waals surface area contributed by atoms with Gasteiger partial charge in [0.05, 0.1) is 18.8 Å². The average molecular weight is 277 g/mol. The number of rotatable bonds is 6. The van der Waals surface area contributed by atoms with Crippen molar-refractivity contribution in [3.63, 3.8) is 0 Å². The number of hydrogen-bond donors (Lipinski definition) is 1. The molecule has 2 aromatic rings. The van der Waals surface area contributed by atoms with Crippen LogP contribution in [-0.2, 0) is 11.3 Å². The summed E-state index contributed by atoms with van der Waals surface area (Å²) in [6.07, 6.45) is 2.53. The smallest absolute Gasteiger partial charge is 0.182 e. The third-order valence-corrected chi connectivity index (χ3v) is 3.29. The number of nitrogens with zero attached hydrogens (tertiary/aromatic N) is 4. The molecule has 1 aromatic carbocycles. The summed E-state index contributed by atoms with van der Waals surface area (Å²) in [5.41, 5.74) is 6.17. The first kappa shape index (κ1) is 13.0. The van der Waals surface area contributed by atoms with Crippen molar-refractivity contribution in [2.24, 2.45) is 5.92 Å². The van der Waals surface area contributed by atoms with Crippen LogP contribution in [0.15, 0.2) is 18.2 Å². The molecule has 2 N–H and O–H groups in total. The lowest BCUT2D eigenvalue weighted by molar-refractivity contribution is 0.114. The summed E-state index contributed by atoms with van der Waals surface area (Å²) < 4.78 is 20.6. The molecule has 0 radical (unpaired) electrons. The number of aromatic nitrogens is 4. The molecule has 0 saturated heterocycles. The molecule has 1 heterocycles. The number of nitrogens with two attached hydrogens (primary N) is 1. The van der Waals surface area contributed by atoms with Gasteiger partial charge in [-0.3, -0.25) is 0 Å². The number of ether oxygens (including phenoxy) is 1. The minimum absolute atomic E-state index is 0.112. The molecule has 1 aromatic heterocycles. The number of benzene rings is 1. The van der Waals surface area contributed by atoms with Gasteiger partial charge < -0.3 is 10.5 Å². The maximum Gasteiger partial charge on any atom is 0.182 e. The van der Waals surface area contributed by atoms with Gasteiger partial charge >= 0.3 is 0 Å². The van der Waals surface area contributed by atoms with Crippen LogP contribution >= 0.6 is 0 Å². The molecule has 7 heteroatoms. The Bertz CT molecular complexity index is 596. The van der Waals surface area contributed by atoms with Crippen molar-refractivity contribution in [1.82, 2.24) is 20.2 Å². The lowest BCUT2D eigenvalue weighted by atomic mass is 10.2. The SMILES string of the molecule is Nc1ccc(-c2nnnn2CCOCC2CC2)cc1F. The van der Waals surface area contributed by atoms with Crippen LogP contribution in [0, 0.1) is 11.7 Å². The van der Waals surface area contributed by atoms with E-state index in [-0.39, 0.29) is 5.69 Å². The van der Waals surface area contributed by atoms with Crippen molar-refractivity contribution < 1.29 is 9.13 Å². The van der Waals surface area contributed by atoms with Gasteiger partial charge in [-0.1, -0.05) is 0 Å². The largest absolute Gasteiger partial charge is 0.396 e. The van der Waals surface area contributed by atoms with Gasteiger partial charge in [0.1, 0.15) is 5.82 Å². The summed E-state index contributed by atoms with van der Waals surface area (Å²) in [6, 6.07) is 4.54. The van der Waals surface area contributed by atoms with E-state index in [1.165, 1.54) is 25.0 Å². The molecule has 0 atom stereocenters. The normalized spacial score (nSPS) is 14.7. The fraction of sp³-hybridized carbons (Fsp3) is 0.462. The van der Waals surface area contributed by atoms with Gasteiger partial charge in [-0.15, -0.1) is 5.10 Å². The molecule has 6 nitrogen and oxygen atoms in total. The van der Waals surface area contributed by atoms with E-state index in [1.807, 2.05) is 0 Å². The van der Waals surface area contributed by atoms with Crippen molar-refractivity contribution in [3.05, 3.63) is 24.0 Å². The quantitative estimate of drug-likeness (QED) is 0.639. The van der Waals surface area contributed by atoms with Gasteiger partial charge in [-0.25, -0.2) is 9.07 Å². The van der Waals surface area contributed by atoms with E-state index in [0.29, 0.717) is 24.5 Å². The second-order valence-electron chi connectivity index (χ2n) is 4.98. The minimum Gasteiger partial charge on any atom is -0.396 e. The zero-order valence-corrected chi connectivity index (χ0v) is 11.0. The van der Waals surface area contributed by atoms with Gasteiger partial charge in [-0.05, 0) is 47.4 Å². The first-order chi connectivity index (χ1) is 9.74. The molecule has 0 amide bonds. The van der Waals surface area contributed by atoms with Gasteiger partial charge in [-0.2, -0.15) is 0 Å². The van der Waals surface area contributed by atoms with Gasteiger partial charge in [0.2, 0.25) is 0 Å². The number of tetrazole rings is 1. The zero-order chi connectivity index (χ0) is 13.9. The summed E-state index contributed by atoms with van der Waals surface area (Å²) in [5.74, 6) is 0.774. The Morgan fingerprint density at radius 1 is 1.40 bits per heavy atom. The highest BCUT2D eigenvalue weighted by molar-refractivity contribution is 5.58. The van der Waals surface area contributed by atoms with Gasteiger partial charge in [0, 0.05) is 12.2 Å². The first-order valence-corrected chi connectivity index (χ1v) is 6.63. The Balaban J connectivity index is 1.66. The van der Waals surface area contributed by atoms with E-state index in [0.717, 1.165) is 12.5 Å². The number of hydrogen-bond acceptors (Lipinski definition) is 5. The highest BCUT2D eigenvalue weighted by Gasteiger charge is 2.21. The third kappa shape index (κ3) is 2.93. The third-order valence-electron chi connectivity index (χ3n) is 3.29. The Morgan fingerprint density at radius 2 is 2.25 bits per heavy atom. The van der Waals surface area contributed by atoms with E-state index in [2.05, 4.69) is 15.5 Å². The molecular weight excluding hydrogens is 261 g/mol. The van der Waals surface area contributed by atoms with Gasteiger partial charge in [0.25, 0.3) is 0 Å². The Labute approximate surface area is 115 Å². The molecule has 1 saturated carbocycles. The molecule has 3 rings (SSSR count). The lowest BCUT2D eigenvalue weighted by Crippen LogP contribution is -2.10. The second kappa shape index (κ2) is 5.54. The molecular formula is C13H16FN5O. The van der Waals surface area contributed by atoms with E-state index >= 15 is 0 Å². The van der Waals surface area contributed by atoms with Crippen molar-refractivity contribution >= 4 is 5.69 Å². The summed E-state index contributed by atoms with van der Waals surface area (Å²) in [6.45, 7) is 1.89. The van der Waals surface area contributed by atoms with Crippen LogP contribution in [0.25, 0.3) is 11.4 Å². The van der Waals surface area contributed by atoms with E-state index < -0.39 is 5.82 Å². The maximum absolute atomic E-state index is 13.5. The first-order valence-electron chi connectivity index (χ1n) is 6.63. The predicted molar refractivity (Wildman–Crippen MR) is 71.2 cm³/mol. The average Bonchev–Trinajstić information content (AvgIpc) is 3.15. The van der Waals surface area contributed by atoms with Crippen molar-refractivity contribution in [2.45, 2.75) is 19.4 Å².